The first kappa shape index (κ1) is 32.2. The number of amides is 4. The number of nitrogens with zero attached hydrogens (tertiary/aromatic N) is 3. The molecule has 14 heteroatoms. The van der Waals surface area contributed by atoms with E-state index < -0.39 is 51.3 Å². The van der Waals surface area contributed by atoms with E-state index in [0.717, 1.165) is 19.3 Å². The summed E-state index contributed by atoms with van der Waals surface area (Å²) in [6.07, 6.45) is 7.90. The molecule has 0 aromatic carbocycles. The van der Waals surface area contributed by atoms with Crippen LogP contribution in [0.1, 0.15) is 72.1 Å². The standard InChI is InChI=1S/C28H46N6O7S/c1-27(2,3)41-26(38)29-21-12-9-7-5-6-8-11-20-19-28(20,30-23(35)22-13-10-14-34(22)24(21)36)25(37)31-42(39,40)33-17-15-32(4)16-18-33/h8,11,20-22H,5-7,9-10,12-19H2,1-4H3,(H,29,38)(H,30,35)(H,31,37)/t20-,21+,22+,28-/m1/s1. The number of hydrogen-bond acceptors (Lipinski definition) is 8. The molecule has 3 fully saturated rings. The number of fused-ring (bicyclic) bond motifs is 2. The van der Waals surface area contributed by atoms with Crippen molar-refractivity contribution in [2.45, 2.75) is 95.4 Å². The van der Waals surface area contributed by atoms with Crippen LogP contribution in [0.2, 0.25) is 0 Å². The third-order valence-corrected chi connectivity index (χ3v) is 9.84. The SMILES string of the molecule is CN1CCN(S(=O)(=O)NC(=O)[C@@]23C[C@H]2C=CCCCCC[C@H](NC(=O)OC(C)(C)C)C(=O)N2CCC[C@H]2C(=O)N3)CC1. The summed E-state index contributed by atoms with van der Waals surface area (Å²) in [6, 6.07) is -1.69. The Morgan fingerprint density at radius 3 is 2.43 bits per heavy atom. The van der Waals surface area contributed by atoms with E-state index in [-0.39, 0.29) is 31.3 Å². The molecule has 4 aliphatic rings. The smallest absolute Gasteiger partial charge is 0.408 e. The molecular weight excluding hydrogens is 564 g/mol. The molecule has 0 bridgehead atoms. The summed E-state index contributed by atoms with van der Waals surface area (Å²) in [5.74, 6) is -2.00. The van der Waals surface area contributed by atoms with Crippen molar-refractivity contribution in [1.29, 1.82) is 0 Å². The zero-order valence-corrected chi connectivity index (χ0v) is 26.0. The van der Waals surface area contributed by atoms with Gasteiger partial charge in [-0.2, -0.15) is 12.7 Å². The van der Waals surface area contributed by atoms with Gasteiger partial charge in [-0.15, -0.1) is 0 Å². The van der Waals surface area contributed by atoms with Crippen LogP contribution in [-0.2, 0) is 29.3 Å². The summed E-state index contributed by atoms with van der Waals surface area (Å²) in [5.41, 5.74) is -2.15. The number of carbonyl (C=O) groups excluding carboxylic acids is 4. The number of rotatable bonds is 4. The average molecular weight is 611 g/mol. The van der Waals surface area contributed by atoms with Crippen LogP contribution in [0.15, 0.2) is 12.2 Å². The third-order valence-electron chi connectivity index (χ3n) is 8.35. The van der Waals surface area contributed by atoms with Gasteiger partial charge < -0.3 is 25.2 Å². The first-order valence-electron chi connectivity index (χ1n) is 15.0. The second kappa shape index (κ2) is 12.9. The van der Waals surface area contributed by atoms with Crippen molar-refractivity contribution in [3.05, 3.63) is 12.2 Å². The van der Waals surface area contributed by atoms with E-state index >= 15 is 0 Å². The van der Waals surface area contributed by atoms with E-state index in [4.69, 9.17) is 4.74 Å². The second-order valence-electron chi connectivity index (χ2n) is 12.9. The predicted octanol–water partition coefficient (Wildman–Crippen LogP) is 0.874. The molecule has 4 atom stereocenters. The Kier molecular flexibility index (Phi) is 9.88. The van der Waals surface area contributed by atoms with Crippen molar-refractivity contribution in [3.63, 3.8) is 0 Å². The number of nitrogens with one attached hydrogen (secondary N) is 3. The quantitative estimate of drug-likeness (QED) is 0.396. The normalized spacial score (nSPS) is 30.3. The Balaban J connectivity index is 1.52. The van der Waals surface area contributed by atoms with Crippen LogP contribution in [0.5, 0.6) is 0 Å². The number of alkyl carbamates (subject to hydrolysis) is 1. The molecule has 0 radical (unpaired) electrons. The Labute approximate surface area is 248 Å². The summed E-state index contributed by atoms with van der Waals surface area (Å²) < 4.78 is 35.0. The van der Waals surface area contributed by atoms with Gasteiger partial charge in [0.05, 0.1) is 0 Å². The highest BCUT2D eigenvalue weighted by Crippen LogP contribution is 2.45. The van der Waals surface area contributed by atoms with Crippen molar-refractivity contribution >= 4 is 34.0 Å². The lowest BCUT2D eigenvalue weighted by atomic mass is 10.0. The number of likely N-dealkylation sites (N-methyl/N-ethyl adjacent to an activating group) is 1. The Morgan fingerprint density at radius 2 is 1.74 bits per heavy atom. The number of ether oxygens (including phenoxy) is 1. The number of carbonyl (C=O) groups is 4. The summed E-state index contributed by atoms with van der Waals surface area (Å²) in [4.78, 5) is 57.0. The van der Waals surface area contributed by atoms with Gasteiger partial charge in [0, 0.05) is 38.6 Å². The molecule has 4 rings (SSSR count). The molecule has 4 amide bonds. The van der Waals surface area contributed by atoms with Gasteiger partial charge in [0.2, 0.25) is 11.8 Å². The Hall–Kier alpha value is -2.71. The lowest BCUT2D eigenvalue weighted by Gasteiger charge is -2.32. The van der Waals surface area contributed by atoms with E-state index in [1.165, 1.54) is 9.21 Å². The van der Waals surface area contributed by atoms with Crippen molar-refractivity contribution in [2.24, 2.45) is 5.92 Å². The van der Waals surface area contributed by atoms with Gasteiger partial charge in [0.15, 0.2) is 0 Å². The molecule has 1 aliphatic carbocycles. The van der Waals surface area contributed by atoms with Crippen LogP contribution in [-0.4, -0.2) is 109 Å². The number of allylic oxidation sites excluding steroid dienone is 1. The Bertz CT molecular complexity index is 1180. The number of piperazine rings is 1. The topological polar surface area (TPSA) is 157 Å². The molecule has 42 heavy (non-hydrogen) atoms. The molecule has 0 spiro atoms. The molecule has 0 aromatic heterocycles. The fourth-order valence-electron chi connectivity index (χ4n) is 5.84. The van der Waals surface area contributed by atoms with Gasteiger partial charge in [-0.1, -0.05) is 25.0 Å². The molecule has 3 N–H and O–H groups in total. The maximum absolute atomic E-state index is 13.7. The van der Waals surface area contributed by atoms with Crippen molar-refractivity contribution in [1.82, 2.24) is 29.5 Å². The van der Waals surface area contributed by atoms with E-state index in [2.05, 4.69) is 15.4 Å². The zero-order chi connectivity index (χ0) is 30.7. The highest BCUT2D eigenvalue weighted by Gasteiger charge is 2.61. The van der Waals surface area contributed by atoms with Crippen LogP contribution in [0, 0.1) is 5.92 Å². The number of hydrogen-bond donors (Lipinski definition) is 3. The molecule has 0 unspecified atom stereocenters. The van der Waals surface area contributed by atoms with Crippen LogP contribution in [0.3, 0.4) is 0 Å². The van der Waals surface area contributed by atoms with Crippen LogP contribution >= 0.6 is 0 Å². The maximum atomic E-state index is 13.7. The van der Waals surface area contributed by atoms with E-state index in [9.17, 15) is 27.6 Å². The fourth-order valence-corrected chi connectivity index (χ4v) is 7.03. The summed E-state index contributed by atoms with van der Waals surface area (Å²) in [6.45, 7) is 7.20. The first-order valence-corrected chi connectivity index (χ1v) is 16.5. The van der Waals surface area contributed by atoms with E-state index in [0.29, 0.717) is 45.3 Å². The molecule has 236 valence electrons. The molecule has 2 saturated heterocycles. The molecule has 0 aromatic rings. The van der Waals surface area contributed by atoms with Gasteiger partial charge in [-0.3, -0.25) is 14.4 Å². The highest BCUT2D eigenvalue weighted by molar-refractivity contribution is 7.87. The molecule has 3 aliphatic heterocycles. The minimum atomic E-state index is -4.09. The summed E-state index contributed by atoms with van der Waals surface area (Å²) in [5, 5.41) is 5.56. The predicted molar refractivity (Wildman–Crippen MR) is 155 cm³/mol. The lowest BCUT2D eigenvalue weighted by Crippen LogP contribution is -2.60. The van der Waals surface area contributed by atoms with E-state index in [1.807, 2.05) is 24.1 Å². The monoisotopic (exact) mass is 610 g/mol. The van der Waals surface area contributed by atoms with Gasteiger partial charge in [-0.25, -0.2) is 9.52 Å². The maximum Gasteiger partial charge on any atom is 0.408 e. The average Bonchev–Trinajstić information content (AvgIpc) is 3.35. The van der Waals surface area contributed by atoms with Crippen molar-refractivity contribution in [2.75, 3.05) is 39.8 Å². The molecule has 1 saturated carbocycles. The minimum absolute atomic E-state index is 0.263. The van der Waals surface area contributed by atoms with Gasteiger partial charge in [-0.05, 0) is 66.3 Å². The Morgan fingerprint density at radius 1 is 1.02 bits per heavy atom. The van der Waals surface area contributed by atoms with Crippen LogP contribution < -0.4 is 15.4 Å². The molecule has 13 nitrogen and oxygen atoms in total. The van der Waals surface area contributed by atoms with E-state index in [1.54, 1.807) is 20.8 Å². The second-order valence-corrected chi connectivity index (χ2v) is 14.5. The van der Waals surface area contributed by atoms with Gasteiger partial charge >= 0.3 is 16.3 Å². The fraction of sp³-hybridized carbons (Fsp3) is 0.786. The van der Waals surface area contributed by atoms with Crippen LogP contribution in [0.25, 0.3) is 0 Å². The first-order chi connectivity index (χ1) is 19.7. The molecular formula is C28H46N6O7S. The zero-order valence-electron chi connectivity index (χ0n) is 25.2. The minimum Gasteiger partial charge on any atom is -0.444 e. The highest BCUT2D eigenvalue weighted by atomic mass is 32.2. The lowest BCUT2D eigenvalue weighted by molar-refractivity contribution is -0.141. The molecule has 3 heterocycles. The van der Waals surface area contributed by atoms with Gasteiger partial charge in [0.1, 0.15) is 23.2 Å². The summed E-state index contributed by atoms with van der Waals surface area (Å²) >= 11 is 0. The van der Waals surface area contributed by atoms with Crippen LogP contribution in [0.4, 0.5) is 4.79 Å². The summed E-state index contributed by atoms with van der Waals surface area (Å²) in [7, 11) is -2.19. The largest absolute Gasteiger partial charge is 0.444 e. The van der Waals surface area contributed by atoms with Gasteiger partial charge in [0.25, 0.3) is 5.91 Å². The third kappa shape index (κ3) is 7.81. The van der Waals surface area contributed by atoms with Crippen molar-refractivity contribution in [3.8, 4) is 0 Å². The van der Waals surface area contributed by atoms with Crippen molar-refractivity contribution < 1.29 is 32.3 Å².